The summed E-state index contributed by atoms with van der Waals surface area (Å²) in [6, 6.07) is 0. The van der Waals surface area contributed by atoms with Crippen LogP contribution >= 0.6 is 0 Å². The Bertz CT molecular complexity index is 197. The van der Waals surface area contributed by atoms with Gasteiger partial charge in [0.25, 0.3) is 0 Å². The Morgan fingerprint density at radius 1 is 1.18 bits per heavy atom. The monoisotopic (exact) mass is 150 g/mol. The standard InChI is InChI=1S/C10H14O/c11-10-6-5-9(7-10)8-3-1-2-4-8/h7-8H,1-6H2. The molecular weight excluding hydrogens is 136 g/mol. The molecule has 11 heavy (non-hydrogen) atoms. The van der Waals surface area contributed by atoms with E-state index in [2.05, 4.69) is 0 Å². The van der Waals surface area contributed by atoms with Gasteiger partial charge in [-0.25, -0.2) is 0 Å². The van der Waals surface area contributed by atoms with E-state index in [4.69, 9.17) is 0 Å². The molecule has 0 spiro atoms. The van der Waals surface area contributed by atoms with Gasteiger partial charge in [-0.3, -0.25) is 4.79 Å². The number of hydrogen-bond acceptors (Lipinski definition) is 1. The summed E-state index contributed by atoms with van der Waals surface area (Å²) in [6.07, 6.45) is 9.15. The molecule has 60 valence electrons. The van der Waals surface area contributed by atoms with Crippen molar-refractivity contribution in [2.24, 2.45) is 5.92 Å². The number of carbonyl (C=O) groups excluding carboxylic acids is 1. The van der Waals surface area contributed by atoms with Crippen LogP contribution in [0.15, 0.2) is 11.6 Å². The van der Waals surface area contributed by atoms with Crippen molar-refractivity contribution in [2.75, 3.05) is 0 Å². The fourth-order valence-electron chi connectivity index (χ4n) is 2.24. The molecule has 1 heteroatoms. The second kappa shape index (κ2) is 2.80. The zero-order valence-electron chi connectivity index (χ0n) is 6.81. The first-order chi connectivity index (χ1) is 5.36. The van der Waals surface area contributed by atoms with Gasteiger partial charge < -0.3 is 0 Å². The molecule has 2 rings (SSSR count). The van der Waals surface area contributed by atoms with Crippen molar-refractivity contribution >= 4 is 5.78 Å². The first-order valence-electron chi connectivity index (χ1n) is 4.59. The number of carbonyl (C=O) groups is 1. The van der Waals surface area contributed by atoms with E-state index in [0.717, 1.165) is 18.8 Å². The van der Waals surface area contributed by atoms with Crippen LogP contribution in [-0.4, -0.2) is 5.78 Å². The summed E-state index contributed by atoms with van der Waals surface area (Å²) >= 11 is 0. The molecule has 0 heterocycles. The zero-order valence-corrected chi connectivity index (χ0v) is 6.81. The van der Waals surface area contributed by atoms with Gasteiger partial charge in [-0.15, -0.1) is 0 Å². The summed E-state index contributed by atoms with van der Waals surface area (Å²) in [7, 11) is 0. The first-order valence-corrected chi connectivity index (χ1v) is 4.59. The minimum Gasteiger partial charge on any atom is -0.295 e. The van der Waals surface area contributed by atoms with E-state index >= 15 is 0 Å². The van der Waals surface area contributed by atoms with Crippen LogP contribution in [0.2, 0.25) is 0 Å². The quantitative estimate of drug-likeness (QED) is 0.561. The van der Waals surface area contributed by atoms with Crippen molar-refractivity contribution in [1.29, 1.82) is 0 Å². The summed E-state index contributed by atoms with van der Waals surface area (Å²) < 4.78 is 0. The lowest BCUT2D eigenvalue weighted by Gasteiger charge is -2.08. The lowest BCUT2D eigenvalue weighted by molar-refractivity contribution is -0.114. The molecule has 1 saturated carbocycles. The van der Waals surface area contributed by atoms with E-state index in [-0.39, 0.29) is 0 Å². The Morgan fingerprint density at radius 2 is 1.91 bits per heavy atom. The molecule has 0 saturated heterocycles. The SMILES string of the molecule is O=C1C=C(C2CCCC2)CC1. The molecule has 0 bridgehead atoms. The van der Waals surface area contributed by atoms with Crippen LogP contribution in [0.5, 0.6) is 0 Å². The maximum atomic E-state index is 10.9. The van der Waals surface area contributed by atoms with E-state index < -0.39 is 0 Å². The van der Waals surface area contributed by atoms with Crippen molar-refractivity contribution in [1.82, 2.24) is 0 Å². The van der Waals surface area contributed by atoms with Crippen LogP contribution in [-0.2, 0) is 4.79 Å². The Hall–Kier alpha value is -0.590. The molecule has 0 aliphatic heterocycles. The van der Waals surface area contributed by atoms with Gasteiger partial charge in [0.2, 0.25) is 0 Å². The molecule has 0 amide bonds. The van der Waals surface area contributed by atoms with Gasteiger partial charge in [-0.2, -0.15) is 0 Å². The van der Waals surface area contributed by atoms with Crippen molar-refractivity contribution < 1.29 is 4.79 Å². The Labute approximate surface area is 67.5 Å². The molecule has 0 unspecified atom stereocenters. The Morgan fingerprint density at radius 3 is 2.45 bits per heavy atom. The van der Waals surface area contributed by atoms with Gasteiger partial charge in [0.1, 0.15) is 0 Å². The van der Waals surface area contributed by atoms with E-state index in [1.54, 1.807) is 0 Å². The van der Waals surface area contributed by atoms with Crippen LogP contribution < -0.4 is 0 Å². The summed E-state index contributed by atoms with van der Waals surface area (Å²) in [5.74, 6) is 1.13. The van der Waals surface area contributed by atoms with Crippen LogP contribution in [0.3, 0.4) is 0 Å². The maximum Gasteiger partial charge on any atom is 0.155 e. The Balaban J connectivity index is 2.04. The van der Waals surface area contributed by atoms with Crippen LogP contribution in [0.4, 0.5) is 0 Å². The summed E-state index contributed by atoms with van der Waals surface area (Å²) in [5.41, 5.74) is 1.45. The lowest BCUT2D eigenvalue weighted by atomic mass is 9.97. The molecule has 0 N–H and O–H groups in total. The summed E-state index contributed by atoms with van der Waals surface area (Å²) in [4.78, 5) is 10.9. The fraction of sp³-hybridized carbons (Fsp3) is 0.700. The first kappa shape index (κ1) is 7.08. The molecule has 0 atom stereocenters. The van der Waals surface area contributed by atoms with E-state index in [1.807, 2.05) is 6.08 Å². The van der Waals surface area contributed by atoms with Gasteiger partial charge >= 0.3 is 0 Å². The molecule has 2 aliphatic rings. The summed E-state index contributed by atoms with van der Waals surface area (Å²) in [5, 5.41) is 0. The smallest absolute Gasteiger partial charge is 0.155 e. The second-order valence-corrected chi connectivity index (χ2v) is 3.67. The second-order valence-electron chi connectivity index (χ2n) is 3.67. The van der Waals surface area contributed by atoms with Crippen LogP contribution in [0.1, 0.15) is 38.5 Å². The van der Waals surface area contributed by atoms with Gasteiger partial charge in [-0.1, -0.05) is 18.4 Å². The third-order valence-electron chi connectivity index (χ3n) is 2.89. The maximum absolute atomic E-state index is 10.9. The lowest BCUT2D eigenvalue weighted by Crippen LogP contribution is -1.94. The zero-order chi connectivity index (χ0) is 7.68. The average molecular weight is 150 g/mol. The number of rotatable bonds is 1. The number of ketones is 1. The van der Waals surface area contributed by atoms with Crippen molar-refractivity contribution in [2.45, 2.75) is 38.5 Å². The molecule has 1 fully saturated rings. The Kier molecular flexibility index (Phi) is 1.80. The third-order valence-corrected chi connectivity index (χ3v) is 2.89. The minimum atomic E-state index is 0.354. The number of allylic oxidation sites excluding steroid dienone is 2. The highest BCUT2D eigenvalue weighted by molar-refractivity contribution is 5.93. The minimum absolute atomic E-state index is 0.354. The van der Waals surface area contributed by atoms with Gasteiger partial charge in [0.05, 0.1) is 0 Å². The van der Waals surface area contributed by atoms with E-state index in [1.165, 1.54) is 31.3 Å². The highest BCUT2D eigenvalue weighted by Gasteiger charge is 2.23. The van der Waals surface area contributed by atoms with E-state index in [0.29, 0.717) is 5.78 Å². The largest absolute Gasteiger partial charge is 0.295 e. The third kappa shape index (κ3) is 1.37. The molecule has 0 aromatic heterocycles. The van der Waals surface area contributed by atoms with Crippen molar-refractivity contribution in [3.63, 3.8) is 0 Å². The molecular formula is C10H14O. The highest BCUT2D eigenvalue weighted by atomic mass is 16.1. The molecule has 1 nitrogen and oxygen atoms in total. The predicted molar refractivity (Wildman–Crippen MR) is 44.3 cm³/mol. The van der Waals surface area contributed by atoms with E-state index in [9.17, 15) is 4.79 Å². The highest BCUT2D eigenvalue weighted by Crippen LogP contribution is 2.35. The molecule has 2 aliphatic carbocycles. The van der Waals surface area contributed by atoms with Gasteiger partial charge in [0.15, 0.2) is 5.78 Å². The molecule has 0 aromatic carbocycles. The predicted octanol–water partition coefficient (Wildman–Crippen LogP) is 2.47. The van der Waals surface area contributed by atoms with Crippen LogP contribution in [0.25, 0.3) is 0 Å². The molecule has 0 radical (unpaired) electrons. The van der Waals surface area contributed by atoms with Crippen LogP contribution in [0, 0.1) is 5.92 Å². The molecule has 0 aromatic rings. The van der Waals surface area contributed by atoms with Crippen molar-refractivity contribution in [3.05, 3.63) is 11.6 Å². The van der Waals surface area contributed by atoms with Gasteiger partial charge in [-0.05, 0) is 31.3 Å². The number of hydrogen-bond donors (Lipinski definition) is 0. The fourth-order valence-corrected chi connectivity index (χ4v) is 2.24. The van der Waals surface area contributed by atoms with Crippen molar-refractivity contribution in [3.8, 4) is 0 Å². The topological polar surface area (TPSA) is 17.1 Å². The average Bonchev–Trinajstić information content (AvgIpc) is 2.55. The van der Waals surface area contributed by atoms with Gasteiger partial charge in [0, 0.05) is 6.42 Å². The summed E-state index contributed by atoms with van der Waals surface area (Å²) in [6.45, 7) is 0. The normalized spacial score (nSPS) is 26.2.